The molecule has 0 aromatic heterocycles. The molecule has 0 aromatic rings. The minimum absolute atomic E-state index is 0.0943. The van der Waals surface area contributed by atoms with Gasteiger partial charge in [-0.25, -0.2) is 0 Å². The normalized spacial score (nSPS) is 24.5. The van der Waals surface area contributed by atoms with Crippen molar-refractivity contribution < 1.29 is 4.74 Å². The van der Waals surface area contributed by atoms with Crippen LogP contribution in [-0.2, 0) is 4.74 Å². The molecule has 1 aliphatic heterocycles. The maximum atomic E-state index is 5.06. The molecular weight excluding hydrogens is 102 g/mol. The first-order valence-corrected chi connectivity index (χ1v) is 2.70. The molecule has 0 aromatic carbocycles. The van der Waals surface area contributed by atoms with Crippen LogP contribution in [0.3, 0.4) is 0 Å². The summed E-state index contributed by atoms with van der Waals surface area (Å²) in [6.07, 6.45) is 0. The van der Waals surface area contributed by atoms with E-state index in [-0.39, 0.29) is 5.54 Å². The maximum Gasteiger partial charge on any atom is 0.179 e. The molecule has 46 valence electrons. The maximum absolute atomic E-state index is 5.06. The molecule has 1 aliphatic rings. The topological polar surface area (TPSA) is 21.3 Å². The summed E-state index contributed by atoms with van der Waals surface area (Å²) in [5, 5.41) is 3.08. The van der Waals surface area contributed by atoms with E-state index < -0.39 is 0 Å². The quantitative estimate of drug-likeness (QED) is 0.503. The fraction of sp³-hybridized carbons (Fsp3) is 0.667. The van der Waals surface area contributed by atoms with Crippen molar-refractivity contribution >= 4 is 0 Å². The molecule has 0 spiro atoms. The molecule has 1 fully saturated rings. The first-order chi connectivity index (χ1) is 3.60. The second kappa shape index (κ2) is 1.41. The lowest BCUT2D eigenvalue weighted by Crippen LogP contribution is -2.33. The summed E-state index contributed by atoms with van der Waals surface area (Å²) in [5.41, 5.74) is 0.0943. The first-order valence-electron chi connectivity index (χ1n) is 2.70. The Hall–Kier alpha value is -0.660. The average molecular weight is 113 g/mol. The summed E-state index contributed by atoms with van der Waals surface area (Å²) in [6.45, 7) is 8.49. The van der Waals surface area contributed by atoms with Gasteiger partial charge in [0.25, 0.3) is 0 Å². The van der Waals surface area contributed by atoms with E-state index in [0.29, 0.717) is 5.88 Å². The molecule has 2 heteroatoms. The van der Waals surface area contributed by atoms with E-state index in [2.05, 4.69) is 25.7 Å². The van der Waals surface area contributed by atoms with Gasteiger partial charge in [0, 0.05) is 0 Å². The van der Waals surface area contributed by atoms with Crippen LogP contribution in [0, 0.1) is 0 Å². The molecule has 0 bridgehead atoms. The first kappa shape index (κ1) is 5.48. The Kier molecular flexibility index (Phi) is 0.962. The van der Waals surface area contributed by atoms with Gasteiger partial charge >= 0.3 is 0 Å². The van der Waals surface area contributed by atoms with Crippen LogP contribution in [0.25, 0.3) is 0 Å². The molecule has 1 heterocycles. The lowest BCUT2D eigenvalue weighted by Gasteiger charge is -2.12. The Balaban J connectivity index is 2.56. The van der Waals surface area contributed by atoms with E-state index in [1.807, 2.05) is 0 Å². The highest BCUT2D eigenvalue weighted by atomic mass is 16.5. The standard InChI is InChI=1S/C6H11NO/c1-5-7-6(2,3)4-8-5/h7H,1,4H2,2-3H3. The van der Waals surface area contributed by atoms with Crippen molar-refractivity contribution in [2.24, 2.45) is 0 Å². The Morgan fingerprint density at radius 3 is 2.50 bits per heavy atom. The number of nitrogens with one attached hydrogen (secondary N) is 1. The molecule has 0 amide bonds. The predicted molar refractivity (Wildman–Crippen MR) is 32.3 cm³/mol. The van der Waals surface area contributed by atoms with Gasteiger partial charge in [-0.3, -0.25) is 0 Å². The second-order valence-corrected chi connectivity index (χ2v) is 2.72. The van der Waals surface area contributed by atoms with Gasteiger partial charge in [-0.05, 0) is 20.4 Å². The van der Waals surface area contributed by atoms with Gasteiger partial charge in [-0.1, -0.05) is 0 Å². The zero-order chi connectivity index (χ0) is 6.20. The Morgan fingerprint density at radius 2 is 2.38 bits per heavy atom. The highest BCUT2D eigenvalue weighted by molar-refractivity contribution is 4.96. The van der Waals surface area contributed by atoms with Gasteiger partial charge in [-0.15, -0.1) is 0 Å². The number of hydrogen-bond acceptors (Lipinski definition) is 2. The SMILES string of the molecule is C=C1NC(C)(C)CO1. The van der Waals surface area contributed by atoms with Crippen LogP contribution in [0.15, 0.2) is 12.5 Å². The third-order valence-electron chi connectivity index (χ3n) is 1.09. The lowest BCUT2D eigenvalue weighted by atomic mass is 10.1. The molecule has 0 aliphatic carbocycles. The zero-order valence-corrected chi connectivity index (χ0v) is 5.32. The highest BCUT2D eigenvalue weighted by Gasteiger charge is 2.25. The molecule has 1 N–H and O–H groups in total. The molecule has 1 rings (SSSR count). The minimum atomic E-state index is 0.0943. The zero-order valence-electron chi connectivity index (χ0n) is 5.32. The Bertz CT molecular complexity index is 118. The van der Waals surface area contributed by atoms with Gasteiger partial charge in [0.1, 0.15) is 6.61 Å². The third-order valence-corrected chi connectivity index (χ3v) is 1.09. The van der Waals surface area contributed by atoms with Crippen molar-refractivity contribution in [3.8, 4) is 0 Å². The van der Waals surface area contributed by atoms with Crippen molar-refractivity contribution in [1.82, 2.24) is 5.32 Å². The largest absolute Gasteiger partial charge is 0.477 e. The molecule has 2 nitrogen and oxygen atoms in total. The van der Waals surface area contributed by atoms with Crippen molar-refractivity contribution in [3.63, 3.8) is 0 Å². The van der Waals surface area contributed by atoms with Crippen LogP contribution in [-0.4, -0.2) is 12.1 Å². The molecule has 0 radical (unpaired) electrons. The van der Waals surface area contributed by atoms with Crippen LogP contribution >= 0.6 is 0 Å². The van der Waals surface area contributed by atoms with Crippen molar-refractivity contribution in [1.29, 1.82) is 0 Å². The lowest BCUT2D eigenvalue weighted by molar-refractivity contribution is 0.238. The van der Waals surface area contributed by atoms with Gasteiger partial charge in [0.15, 0.2) is 5.88 Å². The Morgan fingerprint density at radius 1 is 1.75 bits per heavy atom. The van der Waals surface area contributed by atoms with Crippen molar-refractivity contribution in [2.45, 2.75) is 19.4 Å². The molecule has 0 atom stereocenters. The summed E-state index contributed by atoms with van der Waals surface area (Å²) in [4.78, 5) is 0. The summed E-state index contributed by atoms with van der Waals surface area (Å²) < 4.78 is 5.06. The van der Waals surface area contributed by atoms with Crippen LogP contribution in [0.1, 0.15) is 13.8 Å². The average Bonchev–Trinajstić information content (AvgIpc) is 1.82. The van der Waals surface area contributed by atoms with Gasteiger partial charge in [0.2, 0.25) is 0 Å². The van der Waals surface area contributed by atoms with E-state index in [0.717, 1.165) is 6.61 Å². The van der Waals surface area contributed by atoms with Crippen LogP contribution in [0.2, 0.25) is 0 Å². The predicted octanol–water partition coefficient (Wildman–Crippen LogP) is 0.856. The summed E-state index contributed by atoms with van der Waals surface area (Å²) in [6, 6.07) is 0. The van der Waals surface area contributed by atoms with E-state index >= 15 is 0 Å². The fourth-order valence-electron chi connectivity index (χ4n) is 0.717. The monoisotopic (exact) mass is 113 g/mol. The Labute approximate surface area is 49.5 Å². The second-order valence-electron chi connectivity index (χ2n) is 2.72. The summed E-state index contributed by atoms with van der Waals surface area (Å²) in [5.74, 6) is 0.690. The number of hydrogen-bond donors (Lipinski definition) is 1. The van der Waals surface area contributed by atoms with Crippen LogP contribution in [0.4, 0.5) is 0 Å². The van der Waals surface area contributed by atoms with Crippen LogP contribution in [0.5, 0.6) is 0 Å². The molecule has 1 saturated heterocycles. The van der Waals surface area contributed by atoms with E-state index in [9.17, 15) is 0 Å². The van der Waals surface area contributed by atoms with Crippen molar-refractivity contribution in [3.05, 3.63) is 12.5 Å². The van der Waals surface area contributed by atoms with E-state index in [4.69, 9.17) is 4.74 Å². The van der Waals surface area contributed by atoms with E-state index in [1.54, 1.807) is 0 Å². The van der Waals surface area contributed by atoms with Crippen molar-refractivity contribution in [2.75, 3.05) is 6.61 Å². The minimum Gasteiger partial charge on any atom is -0.477 e. The van der Waals surface area contributed by atoms with Gasteiger partial charge in [0.05, 0.1) is 5.54 Å². The van der Waals surface area contributed by atoms with Gasteiger partial charge in [-0.2, -0.15) is 0 Å². The molecular formula is C6H11NO. The molecule has 0 unspecified atom stereocenters. The summed E-state index contributed by atoms with van der Waals surface area (Å²) >= 11 is 0. The summed E-state index contributed by atoms with van der Waals surface area (Å²) in [7, 11) is 0. The van der Waals surface area contributed by atoms with Gasteiger partial charge < -0.3 is 10.1 Å². The molecule has 8 heavy (non-hydrogen) atoms. The highest BCUT2D eigenvalue weighted by Crippen LogP contribution is 2.13. The van der Waals surface area contributed by atoms with E-state index in [1.165, 1.54) is 0 Å². The smallest absolute Gasteiger partial charge is 0.179 e. The molecule has 0 saturated carbocycles. The van der Waals surface area contributed by atoms with Crippen LogP contribution < -0.4 is 5.32 Å². The number of ether oxygens (including phenoxy) is 1. The fourth-order valence-corrected chi connectivity index (χ4v) is 0.717. The number of rotatable bonds is 0. The third kappa shape index (κ3) is 0.941.